The maximum atomic E-state index is 13.5. The number of nitrogens with zero attached hydrogens (tertiary/aromatic N) is 1. The third-order valence-corrected chi connectivity index (χ3v) is 6.73. The molecule has 2 heterocycles. The summed E-state index contributed by atoms with van der Waals surface area (Å²) in [4.78, 5) is 62.4. The van der Waals surface area contributed by atoms with Crippen molar-refractivity contribution in [3.05, 3.63) is 53.0 Å². The van der Waals surface area contributed by atoms with Crippen LogP contribution in [0.3, 0.4) is 0 Å². The Bertz CT molecular complexity index is 1200. The Kier molecular flexibility index (Phi) is 10.4. The van der Waals surface area contributed by atoms with Crippen LogP contribution in [-0.4, -0.2) is 76.3 Å². The first-order chi connectivity index (χ1) is 18.5. The van der Waals surface area contributed by atoms with E-state index in [0.29, 0.717) is 0 Å². The van der Waals surface area contributed by atoms with Crippen LogP contribution in [0, 0.1) is 0 Å². The Balaban J connectivity index is 1.99. The zero-order valence-corrected chi connectivity index (χ0v) is 23.2. The molecule has 1 aromatic rings. The molecule has 2 aliphatic rings. The normalized spacial score (nSPS) is 26.0. The highest BCUT2D eigenvalue weighted by Gasteiger charge is 2.56. The minimum Gasteiger partial charge on any atom is -0.463 e. The van der Waals surface area contributed by atoms with E-state index in [1.165, 1.54) is 6.92 Å². The van der Waals surface area contributed by atoms with E-state index in [-0.39, 0.29) is 9.23 Å². The molecule has 2 saturated heterocycles. The van der Waals surface area contributed by atoms with Gasteiger partial charge < -0.3 is 23.7 Å². The summed E-state index contributed by atoms with van der Waals surface area (Å²) in [6, 6.07) is 9.43. The number of carbonyl (C=O) groups is 5. The summed E-state index contributed by atoms with van der Waals surface area (Å²) in [6.45, 7) is 4.10. The second-order valence-electron chi connectivity index (χ2n) is 8.43. The quantitative estimate of drug-likeness (QED) is 0.194. The maximum Gasteiger partial charge on any atom is 0.303 e. The van der Waals surface area contributed by atoms with Gasteiger partial charge in [0.15, 0.2) is 28.9 Å². The van der Waals surface area contributed by atoms with Gasteiger partial charge >= 0.3 is 23.9 Å². The summed E-state index contributed by atoms with van der Waals surface area (Å²) >= 11 is 6.46. The zero-order valence-electron chi connectivity index (χ0n) is 21.6. The Morgan fingerprint density at radius 2 is 1.51 bits per heavy atom. The van der Waals surface area contributed by atoms with Crippen molar-refractivity contribution in [2.24, 2.45) is 0 Å². The highest BCUT2D eigenvalue weighted by Crippen LogP contribution is 2.38. The molecule has 2 fully saturated rings. The van der Waals surface area contributed by atoms with E-state index in [0.717, 1.165) is 43.0 Å². The molecule has 0 spiro atoms. The number of amides is 1. The summed E-state index contributed by atoms with van der Waals surface area (Å²) in [5.41, 5.74) is 0.920. The monoisotopic (exact) mass is 577 g/mol. The summed E-state index contributed by atoms with van der Waals surface area (Å²) in [5.74, 6) is -3.52. The minimum atomic E-state index is -1.44. The molecule has 208 valence electrons. The highest BCUT2D eigenvalue weighted by atomic mass is 32.2. The molecule has 1 amide bonds. The van der Waals surface area contributed by atoms with Gasteiger partial charge in [-0.05, 0) is 11.6 Å². The van der Waals surface area contributed by atoms with Crippen LogP contribution in [0.4, 0.5) is 0 Å². The summed E-state index contributed by atoms with van der Waals surface area (Å²) in [6.07, 6.45) is -1.72. The Labute approximate surface area is 234 Å². The van der Waals surface area contributed by atoms with Crippen LogP contribution in [0.2, 0.25) is 0 Å². The molecule has 0 aromatic heterocycles. The van der Waals surface area contributed by atoms with Crippen LogP contribution in [0.25, 0.3) is 6.08 Å². The predicted octanol–water partition coefficient (Wildman–Crippen LogP) is 2.53. The average molecular weight is 578 g/mol. The van der Waals surface area contributed by atoms with Crippen molar-refractivity contribution in [2.45, 2.75) is 58.3 Å². The van der Waals surface area contributed by atoms with Crippen molar-refractivity contribution < 1.29 is 47.7 Å². The van der Waals surface area contributed by atoms with E-state index in [1.807, 2.05) is 30.3 Å². The van der Waals surface area contributed by atoms with Gasteiger partial charge in [0.05, 0.1) is 4.91 Å². The second kappa shape index (κ2) is 13.5. The van der Waals surface area contributed by atoms with Crippen LogP contribution in [0.15, 0.2) is 47.4 Å². The first kappa shape index (κ1) is 30.0. The van der Waals surface area contributed by atoms with Gasteiger partial charge in [0.25, 0.3) is 5.91 Å². The van der Waals surface area contributed by atoms with Crippen molar-refractivity contribution in [1.82, 2.24) is 4.90 Å². The highest BCUT2D eigenvalue weighted by molar-refractivity contribution is 8.26. The molecule has 5 atom stereocenters. The van der Waals surface area contributed by atoms with Gasteiger partial charge in [0.2, 0.25) is 0 Å². The van der Waals surface area contributed by atoms with Crippen LogP contribution in [-0.2, 0) is 47.7 Å². The number of allylic oxidation sites excluding steroid dienone is 2. The Morgan fingerprint density at radius 1 is 0.923 bits per heavy atom. The van der Waals surface area contributed by atoms with Gasteiger partial charge in [-0.3, -0.25) is 28.9 Å². The molecule has 13 heteroatoms. The fraction of sp³-hybridized carbons (Fsp3) is 0.385. The van der Waals surface area contributed by atoms with Crippen molar-refractivity contribution >= 4 is 64.2 Å². The first-order valence-electron chi connectivity index (χ1n) is 11.8. The minimum absolute atomic E-state index is 0.0836. The van der Waals surface area contributed by atoms with Crippen molar-refractivity contribution in [3.63, 3.8) is 0 Å². The zero-order chi connectivity index (χ0) is 28.7. The number of hydrogen-bond donors (Lipinski definition) is 0. The first-order valence-corrected chi connectivity index (χ1v) is 13.0. The standard InChI is InChI=1S/C26H27NO10S2/c1-14(28)33-13-19-21(34-15(2)29)22(35-16(3)30)23(36-17(4)31)25(37-19)27-24(32)20(39-26(27)38)12-8-11-18-9-6-5-7-10-18/h5-12,19,21-23,25H,13H2,1-4H3/b11-8+,20-12+/t19-,21-,22-,23+,25+/m0/s1. The molecule has 1 aromatic carbocycles. The molecular weight excluding hydrogens is 550 g/mol. The smallest absolute Gasteiger partial charge is 0.303 e. The molecule has 2 aliphatic heterocycles. The molecule has 0 aliphatic carbocycles. The van der Waals surface area contributed by atoms with Crippen molar-refractivity contribution in [1.29, 1.82) is 0 Å². The van der Waals surface area contributed by atoms with Crippen LogP contribution in [0.1, 0.15) is 33.3 Å². The number of esters is 4. The van der Waals surface area contributed by atoms with Gasteiger partial charge in [0, 0.05) is 27.7 Å². The summed E-state index contributed by atoms with van der Waals surface area (Å²) < 4.78 is 27.5. The summed E-state index contributed by atoms with van der Waals surface area (Å²) in [5, 5.41) is 0. The fourth-order valence-electron chi connectivity index (χ4n) is 3.94. The molecule has 3 rings (SSSR count). The Hall–Kier alpha value is -3.55. The number of hydrogen-bond acceptors (Lipinski definition) is 12. The van der Waals surface area contributed by atoms with Crippen molar-refractivity contribution in [3.8, 4) is 0 Å². The fourth-order valence-corrected chi connectivity index (χ4v) is 5.20. The average Bonchev–Trinajstić information content (AvgIpc) is 3.13. The van der Waals surface area contributed by atoms with Gasteiger partial charge in [-0.25, -0.2) is 0 Å². The number of ether oxygens (including phenoxy) is 5. The SMILES string of the molecule is CC(=O)OC[C@@H]1O[C@@H](N2C(=O)/C(=C\C=C\c3ccccc3)SC2=S)[C@H](OC(C)=O)[C@@H](OC(C)=O)[C@H]1OC(C)=O. The van der Waals surface area contributed by atoms with E-state index in [2.05, 4.69) is 0 Å². The predicted molar refractivity (Wildman–Crippen MR) is 143 cm³/mol. The molecule has 0 saturated carbocycles. The lowest BCUT2D eigenvalue weighted by Crippen LogP contribution is -2.66. The maximum absolute atomic E-state index is 13.5. The van der Waals surface area contributed by atoms with E-state index in [4.69, 9.17) is 35.9 Å². The topological polar surface area (TPSA) is 135 Å². The van der Waals surface area contributed by atoms with Crippen LogP contribution in [0.5, 0.6) is 0 Å². The van der Waals surface area contributed by atoms with E-state index < -0.39 is 67.0 Å². The molecule has 0 N–H and O–H groups in total. The van der Waals surface area contributed by atoms with E-state index in [9.17, 15) is 24.0 Å². The largest absolute Gasteiger partial charge is 0.463 e. The second-order valence-corrected chi connectivity index (χ2v) is 10.1. The number of benzene rings is 1. The number of carbonyl (C=O) groups excluding carboxylic acids is 5. The number of thiocarbonyl (C=S) groups is 1. The van der Waals surface area contributed by atoms with Crippen LogP contribution < -0.4 is 0 Å². The van der Waals surface area contributed by atoms with Gasteiger partial charge in [0.1, 0.15) is 12.7 Å². The van der Waals surface area contributed by atoms with E-state index in [1.54, 1.807) is 18.2 Å². The molecule has 0 unspecified atom stereocenters. The lowest BCUT2D eigenvalue weighted by atomic mass is 9.96. The number of rotatable bonds is 8. The Morgan fingerprint density at radius 3 is 2.10 bits per heavy atom. The van der Waals surface area contributed by atoms with Gasteiger partial charge in [-0.2, -0.15) is 0 Å². The third kappa shape index (κ3) is 7.97. The van der Waals surface area contributed by atoms with Gasteiger partial charge in [-0.1, -0.05) is 66.5 Å². The van der Waals surface area contributed by atoms with Gasteiger partial charge in [-0.15, -0.1) is 0 Å². The molecule has 0 bridgehead atoms. The lowest BCUT2D eigenvalue weighted by Gasteiger charge is -2.46. The molecule has 0 radical (unpaired) electrons. The number of thioether (sulfide) groups is 1. The van der Waals surface area contributed by atoms with Crippen LogP contribution >= 0.6 is 24.0 Å². The van der Waals surface area contributed by atoms with Crippen molar-refractivity contribution in [2.75, 3.05) is 6.61 Å². The molecule has 39 heavy (non-hydrogen) atoms. The summed E-state index contributed by atoms with van der Waals surface area (Å²) in [7, 11) is 0. The third-order valence-electron chi connectivity index (χ3n) is 5.38. The van der Waals surface area contributed by atoms with E-state index >= 15 is 0 Å². The molecular formula is C26H27NO10S2. The lowest BCUT2D eigenvalue weighted by molar-refractivity contribution is -0.268. The molecule has 11 nitrogen and oxygen atoms in total.